The molecular formula is C16H18FN5O3S. The highest BCUT2D eigenvalue weighted by Crippen LogP contribution is 2.19. The smallest absolute Gasteiger partial charge is 0.319 e. The fourth-order valence-electron chi connectivity index (χ4n) is 2.70. The molecule has 138 valence electrons. The Morgan fingerprint density at radius 3 is 2.58 bits per heavy atom. The highest BCUT2D eigenvalue weighted by Gasteiger charge is 2.25. The number of primary sulfonamides is 1. The fourth-order valence-corrected chi connectivity index (χ4v) is 3.16. The van der Waals surface area contributed by atoms with Gasteiger partial charge in [-0.25, -0.2) is 27.7 Å². The van der Waals surface area contributed by atoms with Gasteiger partial charge >= 0.3 is 6.03 Å². The molecule has 1 fully saturated rings. The van der Waals surface area contributed by atoms with Crippen LogP contribution in [0.1, 0.15) is 6.42 Å². The van der Waals surface area contributed by atoms with Gasteiger partial charge in [0.2, 0.25) is 10.0 Å². The number of sulfonamides is 1. The number of halogens is 1. The Balaban J connectivity index is 1.55. The van der Waals surface area contributed by atoms with E-state index in [2.05, 4.69) is 15.6 Å². The molecule has 0 aliphatic carbocycles. The lowest BCUT2D eigenvalue weighted by atomic mass is 10.3. The Morgan fingerprint density at radius 2 is 1.96 bits per heavy atom. The Kier molecular flexibility index (Phi) is 5.05. The third-order valence-electron chi connectivity index (χ3n) is 4.00. The number of hydrogen-bond acceptors (Lipinski definition) is 5. The van der Waals surface area contributed by atoms with Gasteiger partial charge in [0, 0.05) is 31.0 Å². The largest absolute Gasteiger partial charge is 0.354 e. The third-order valence-corrected chi connectivity index (χ3v) is 4.90. The molecule has 3 rings (SSSR count). The van der Waals surface area contributed by atoms with Crippen LogP contribution < -0.4 is 20.7 Å². The molecule has 8 nitrogen and oxygen atoms in total. The van der Waals surface area contributed by atoms with Gasteiger partial charge < -0.3 is 15.5 Å². The summed E-state index contributed by atoms with van der Waals surface area (Å²) in [4.78, 5) is 18.0. The lowest BCUT2D eigenvalue weighted by Gasteiger charge is -2.18. The van der Waals surface area contributed by atoms with Gasteiger partial charge in [-0.1, -0.05) is 0 Å². The van der Waals surface area contributed by atoms with Crippen molar-refractivity contribution in [1.82, 2.24) is 10.3 Å². The molecule has 2 aromatic rings. The zero-order valence-electron chi connectivity index (χ0n) is 13.7. The van der Waals surface area contributed by atoms with Crippen molar-refractivity contribution >= 4 is 27.6 Å². The summed E-state index contributed by atoms with van der Waals surface area (Å²) in [7, 11) is -3.77. The van der Waals surface area contributed by atoms with Crippen LogP contribution in [0.25, 0.3) is 0 Å². The van der Waals surface area contributed by atoms with Crippen LogP contribution in [-0.2, 0) is 10.0 Å². The number of carbonyl (C=O) groups excluding carboxylic acids is 1. The van der Waals surface area contributed by atoms with Crippen LogP contribution in [0.4, 0.5) is 20.7 Å². The molecule has 1 aromatic heterocycles. The van der Waals surface area contributed by atoms with Gasteiger partial charge in [-0.3, -0.25) is 0 Å². The first kappa shape index (κ1) is 18.1. The topological polar surface area (TPSA) is 117 Å². The summed E-state index contributed by atoms with van der Waals surface area (Å²) in [5, 5.41) is 10.5. The van der Waals surface area contributed by atoms with Crippen molar-refractivity contribution in [3.8, 4) is 0 Å². The average Bonchev–Trinajstić information content (AvgIpc) is 3.04. The van der Waals surface area contributed by atoms with Crippen molar-refractivity contribution in [2.75, 3.05) is 23.3 Å². The van der Waals surface area contributed by atoms with Gasteiger partial charge in [0.25, 0.3) is 0 Å². The van der Waals surface area contributed by atoms with Crippen molar-refractivity contribution in [2.24, 2.45) is 5.14 Å². The minimum atomic E-state index is -3.77. The minimum Gasteiger partial charge on any atom is -0.354 e. The number of rotatable bonds is 4. The van der Waals surface area contributed by atoms with E-state index in [1.54, 1.807) is 6.07 Å². The summed E-state index contributed by atoms with van der Waals surface area (Å²) in [6.45, 7) is 1.21. The summed E-state index contributed by atoms with van der Waals surface area (Å²) in [5.41, 5.74) is 0.499. The summed E-state index contributed by atoms with van der Waals surface area (Å²) >= 11 is 0. The summed E-state index contributed by atoms with van der Waals surface area (Å²) in [6, 6.07) is 8.02. The maximum absolute atomic E-state index is 12.9. The van der Waals surface area contributed by atoms with Crippen LogP contribution in [0, 0.1) is 5.82 Å². The number of nitrogens with two attached hydrogens (primary N) is 1. The van der Waals surface area contributed by atoms with E-state index in [0.717, 1.165) is 6.42 Å². The highest BCUT2D eigenvalue weighted by molar-refractivity contribution is 7.89. The molecule has 0 radical (unpaired) electrons. The Morgan fingerprint density at radius 1 is 1.23 bits per heavy atom. The Hall–Kier alpha value is -2.72. The first-order chi connectivity index (χ1) is 12.3. The SMILES string of the molecule is NS(=O)(=O)c1ccc(N2CC[C@H](NC(=O)Nc3ccc(F)cc3)C2)nc1. The normalized spacial score (nSPS) is 17.2. The van der Waals surface area contributed by atoms with Crippen molar-refractivity contribution in [1.29, 1.82) is 0 Å². The number of carbonyl (C=O) groups is 1. The highest BCUT2D eigenvalue weighted by atomic mass is 32.2. The molecule has 0 bridgehead atoms. The number of pyridine rings is 1. The van der Waals surface area contributed by atoms with E-state index in [0.29, 0.717) is 24.6 Å². The van der Waals surface area contributed by atoms with Crippen LogP contribution in [-0.4, -0.2) is 38.6 Å². The molecule has 1 aliphatic heterocycles. The zero-order valence-corrected chi connectivity index (χ0v) is 14.5. The molecule has 4 N–H and O–H groups in total. The molecule has 0 unspecified atom stereocenters. The van der Waals surface area contributed by atoms with E-state index in [9.17, 15) is 17.6 Å². The first-order valence-corrected chi connectivity index (χ1v) is 9.43. The van der Waals surface area contributed by atoms with Crippen LogP contribution in [0.5, 0.6) is 0 Å². The molecular weight excluding hydrogens is 361 g/mol. The maximum Gasteiger partial charge on any atom is 0.319 e. The summed E-state index contributed by atoms with van der Waals surface area (Å²) in [5.74, 6) is 0.240. The Bertz CT molecular complexity index is 887. The predicted molar refractivity (Wildman–Crippen MR) is 94.8 cm³/mol. The summed E-state index contributed by atoms with van der Waals surface area (Å²) in [6.07, 6.45) is 1.93. The van der Waals surface area contributed by atoms with Crippen molar-refractivity contribution < 1.29 is 17.6 Å². The van der Waals surface area contributed by atoms with E-state index in [1.165, 1.54) is 36.5 Å². The second kappa shape index (κ2) is 7.26. The van der Waals surface area contributed by atoms with Crippen LogP contribution >= 0.6 is 0 Å². The molecule has 10 heteroatoms. The average molecular weight is 379 g/mol. The van der Waals surface area contributed by atoms with Gasteiger partial charge in [-0.15, -0.1) is 0 Å². The van der Waals surface area contributed by atoms with Crippen LogP contribution in [0.2, 0.25) is 0 Å². The standard InChI is InChI=1S/C16H18FN5O3S/c17-11-1-3-12(4-2-11)20-16(23)21-13-7-8-22(10-13)15-6-5-14(9-19-15)26(18,24)25/h1-6,9,13H,7-8,10H2,(H2,18,24,25)(H2,20,21,23)/t13-/m0/s1. The molecule has 1 atom stereocenters. The molecule has 0 spiro atoms. The molecule has 1 aromatic carbocycles. The molecule has 2 amide bonds. The van der Waals surface area contributed by atoms with Crippen molar-refractivity contribution in [3.05, 3.63) is 48.4 Å². The quantitative estimate of drug-likeness (QED) is 0.739. The second-order valence-electron chi connectivity index (χ2n) is 5.93. The molecule has 26 heavy (non-hydrogen) atoms. The second-order valence-corrected chi connectivity index (χ2v) is 7.50. The number of nitrogens with one attached hydrogen (secondary N) is 2. The van der Waals surface area contributed by atoms with Crippen molar-refractivity contribution in [2.45, 2.75) is 17.4 Å². The number of hydrogen-bond donors (Lipinski definition) is 3. The van der Waals surface area contributed by atoms with Crippen LogP contribution in [0.3, 0.4) is 0 Å². The fraction of sp³-hybridized carbons (Fsp3) is 0.250. The van der Waals surface area contributed by atoms with E-state index in [-0.39, 0.29) is 22.8 Å². The van der Waals surface area contributed by atoms with E-state index < -0.39 is 10.0 Å². The van der Waals surface area contributed by atoms with Gasteiger partial charge in [0.05, 0.1) is 0 Å². The first-order valence-electron chi connectivity index (χ1n) is 7.88. The van der Waals surface area contributed by atoms with Gasteiger partial charge in [-0.05, 0) is 42.8 Å². The lowest BCUT2D eigenvalue weighted by Crippen LogP contribution is -2.39. The van der Waals surface area contributed by atoms with Gasteiger partial charge in [-0.2, -0.15) is 0 Å². The van der Waals surface area contributed by atoms with E-state index >= 15 is 0 Å². The van der Waals surface area contributed by atoms with Gasteiger partial charge in [0.1, 0.15) is 16.5 Å². The number of aromatic nitrogens is 1. The Labute approximate surface area is 150 Å². The number of nitrogens with zero attached hydrogens (tertiary/aromatic N) is 2. The number of benzene rings is 1. The lowest BCUT2D eigenvalue weighted by molar-refractivity contribution is 0.249. The summed E-state index contributed by atoms with van der Waals surface area (Å²) < 4.78 is 35.4. The molecule has 1 saturated heterocycles. The number of urea groups is 1. The van der Waals surface area contributed by atoms with Crippen LogP contribution in [0.15, 0.2) is 47.5 Å². The van der Waals surface area contributed by atoms with E-state index in [1.807, 2.05) is 4.90 Å². The zero-order chi connectivity index (χ0) is 18.7. The number of amides is 2. The maximum atomic E-state index is 12.9. The molecule has 1 aliphatic rings. The van der Waals surface area contributed by atoms with Gasteiger partial charge in [0.15, 0.2) is 0 Å². The predicted octanol–water partition coefficient (Wildman–Crippen LogP) is 1.27. The monoisotopic (exact) mass is 379 g/mol. The van der Waals surface area contributed by atoms with E-state index in [4.69, 9.17) is 5.14 Å². The molecule has 2 heterocycles. The minimum absolute atomic E-state index is 0.0474. The number of anilines is 2. The molecule has 0 saturated carbocycles. The third kappa shape index (κ3) is 4.46. The van der Waals surface area contributed by atoms with Crippen molar-refractivity contribution in [3.63, 3.8) is 0 Å².